The number of halogens is 2. The average Bonchev–Trinajstić information content (AvgIpc) is 3.75. The third-order valence-corrected chi connectivity index (χ3v) is 11.1. The number of hydrogen-bond acceptors (Lipinski definition) is 0. The zero-order valence-electron chi connectivity index (χ0n) is 35.3. The first-order valence-electron chi connectivity index (χ1n) is 19.7. The molecule has 0 heterocycles. The van der Waals surface area contributed by atoms with Crippen molar-refractivity contribution in [3.63, 3.8) is 0 Å². The predicted molar refractivity (Wildman–Crippen MR) is 230 cm³/mol. The van der Waals surface area contributed by atoms with E-state index in [1.165, 1.54) is 116 Å². The van der Waals surface area contributed by atoms with Gasteiger partial charge in [-0.15, -0.1) is 46.2 Å². The molecule has 5 aromatic carbocycles. The number of fused-ring (bicyclic) bond motifs is 3. The molecule has 3 heteroatoms. The van der Waals surface area contributed by atoms with Gasteiger partial charge in [-0.3, -0.25) is 6.08 Å². The summed E-state index contributed by atoms with van der Waals surface area (Å²) in [5.41, 5.74) is 13.5. The van der Waals surface area contributed by atoms with Crippen molar-refractivity contribution in [3.8, 4) is 22.3 Å². The normalized spacial score (nSPS) is 12.1. The first kappa shape index (κ1) is 47.7. The minimum atomic E-state index is 0. The van der Waals surface area contributed by atoms with E-state index in [0.29, 0.717) is 0 Å². The average molecular weight is 839 g/mol. The van der Waals surface area contributed by atoms with Crippen molar-refractivity contribution in [2.45, 2.75) is 139 Å². The van der Waals surface area contributed by atoms with Crippen LogP contribution >= 0.6 is 0 Å². The Kier molecular flexibility index (Phi) is 18.7. The Morgan fingerprint density at radius 3 is 1.28 bits per heavy atom. The third-order valence-electron chi connectivity index (χ3n) is 9.91. The summed E-state index contributed by atoms with van der Waals surface area (Å²) in [5, 5.41) is 5.39. The molecule has 0 aliphatic heterocycles. The minimum absolute atomic E-state index is 0. The monoisotopic (exact) mass is 836 g/mol. The molecule has 54 heavy (non-hydrogen) atoms. The zero-order chi connectivity index (χ0) is 38.2. The van der Waals surface area contributed by atoms with Crippen molar-refractivity contribution in [1.29, 1.82) is 0 Å². The number of rotatable bonds is 8. The van der Waals surface area contributed by atoms with E-state index in [4.69, 9.17) is 0 Å². The largest absolute Gasteiger partial charge is 1.00 e. The van der Waals surface area contributed by atoms with Gasteiger partial charge in [0.1, 0.15) is 0 Å². The molecule has 0 amide bonds. The standard InChI is InChI=1S/C37H41.C9H18.C5H5.2ClH.Zr/c1-22-11-23(2)14-26(13-22)32-18-28-17-29-19-33(27-15-24(3)12-25(4)16-27)35(37(8,9)10)21-31(29)30(28)20-34(32)36(5,6)7;1-3-5-7-9-8-6-4-2;1-2-4-5-3-1;;;/h11-21H,1-10H3;3-8H2,1-2H3;1-3H,4H2;2*1H;/q-1;;-1;;;+2/p-2. The second-order valence-electron chi connectivity index (χ2n) is 17.2. The molecule has 5 aromatic rings. The molecule has 0 aromatic heterocycles. The summed E-state index contributed by atoms with van der Waals surface area (Å²) in [5.74, 6) is 0. The van der Waals surface area contributed by atoms with Crippen LogP contribution in [0, 0.1) is 33.8 Å². The fraction of sp³-hybridized carbons (Fsp3) is 0.412. The van der Waals surface area contributed by atoms with Crippen molar-refractivity contribution in [3.05, 3.63) is 124 Å². The van der Waals surface area contributed by atoms with Crippen LogP contribution in [-0.2, 0) is 35.1 Å². The number of allylic oxidation sites excluding steroid dienone is 4. The van der Waals surface area contributed by atoms with Gasteiger partial charge < -0.3 is 24.8 Å². The van der Waals surface area contributed by atoms with Crippen molar-refractivity contribution < 1.29 is 49.0 Å². The molecule has 0 fully saturated rings. The summed E-state index contributed by atoms with van der Waals surface area (Å²) in [7, 11) is 0. The molecule has 1 aliphatic rings. The number of aryl methyl sites for hydroxylation is 4. The summed E-state index contributed by atoms with van der Waals surface area (Å²) < 4.78 is 1.79. The second kappa shape index (κ2) is 21.2. The molecule has 0 nitrogen and oxygen atoms in total. The van der Waals surface area contributed by atoms with E-state index in [9.17, 15) is 0 Å². The van der Waals surface area contributed by atoms with Crippen LogP contribution in [0.5, 0.6) is 0 Å². The summed E-state index contributed by atoms with van der Waals surface area (Å²) in [6.45, 7) is 27.4. The molecule has 0 saturated carbocycles. The van der Waals surface area contributed by atoms with Crippen molar-refractivity contribution in [1.82, 2.24) is 0 Å². The van der Waals surface area contributed by atoms with Gasteiger partial charge >= 0.3 is 79.8 Å². The van der Waals surface area contributed by atoms with Gasteiger partial charge in [0, 0.05) is 0 Å². The van der Waals surface area contributed by atoms with Crippen molar-refractivity contribution in [2.24, 2.45) is 0 Å². The molecule has 0 spiro atoms. The van der Waals surface area contributed by atoms with Crippen LogP contribution in [0.15, 0.2) is 85.0 Å². The fourth-order valence-corrected chi connectivity index (χ4v) is 8.20. The van der Waals surface area contributed by atoms with Crippen molar-refractivity contribution in [2.75, 3.05) is 0 Å². The molecule has 0 radical (unpaired) electrons. The minimum Gasteiger partial charge on any atom is -1.00 e. The van der Waals surface area contributed by atoms with Crippen LogP contribution in [0.3, 0.4) is 0 Å². The molecule has 0 atom stereocenters. The molecule has 1 aliphatic carbocycles. The zero-order valence-corrected chi connectivity index (χ0v) is 39.3. The molecular formula is C51H64Cl2Zr-2. The van der Waals surface area contributed by atoms with E-state index >= 15 is 0 Å². The molecule has 288 valence electrons. The maximum absolute atomic E-state index is 2.99. The number of benzene rings is 4. The van der Waals surface area contributed by atoms with Gasteiger partial charge in [-0.05, 0) is 71.9 Å². The topological polar surface area (TPSA) is 0 Å². The van der Waals surface area contributed by atoms with E-state index in [1.807, 2.05) is 12.2 Å². The van der Waals surface area contributed by atoms with Gasteiger partial charge in [0.15, 0.2) is 0 Å². The molecule has 0 saturated heterocycles. The summed E-state index contributed by atoms with van der Waals surface area (Å²) in [6.07, 6.45) is 18.3. The summed E-state index contributed by atoms with van der Waals surface area (Å²) in [4.78, 5) is 0. The Labute approximate surface area is 356 Å². The van der Waals surface area contributed by atoms with E-state index in [2.05, 4.69) is 162 Å². The van der Waals surface area contributed by atoms with E-state index in [-0.39, 0.29) is 35.6 Å². The van der Waals surface area contributed by atoms with Gasteiger partial charge in [0.25, 0.3) is 0 Å². The Morgan fingerprint density at radius 2 is 1.00 bits per heavy atom. The van der Waals surface area contributed by atoms with E-state index in [1.54, 1.807) is 27.4 Å². The maximum atomic E-state index is 2.99. The van der Waals surface area contributed by atoms with E-state index in [0.717, 1.165) is 6.42 Å². The van der Waals surface area contributed by atoms with Gasteiger partial charge in [-0.1, -0.05) is 112 Å². The third kappa shape index (κ3) is 13.1. The van der Waals surface area contributed by atoms with Gasteiger partial charge in [-0.2, -0.15) is 6.08 Å². The SMILES string of the molecule is CCCC[C](=[Zr+2])CCCC.Cc1cc(C)cc(-c2cc3[cH-]c4cc(-c5cc(C)cc(C)c5)c(C(C)(C)C)cc4c3cc2C(C)(C)C)c1.[C-]1=CC=CC1.[Cl-].[Cl-]. The number of unbranched alkanes of at least 4 members (excludes halogenated alkanes) is 2. The Morgan fingerprint density at radius 1 is 0.611 bits per heavy atom. The Bertz CT molecular complexity index is 1870. The fourth-order valence-electron chi connectivity index (χ4n) is 7.33. The smallest absolute Gasteiger partial charge is 0.0139 e. The van der Waals surface area contributed by atoms with E-state index < -0.39 is 0 Å². The molecule has 0 N–H and O–H groups in total. The van der Waals surface area contributed by atoms with Gasteiger partial charge in [-0.25, -0.2) is 12.2 Å². The molecule has 0 unspecified atom stereocenters. The first-order valence-corrected chi connectivity index (χ1v) is 20.9. The van der Waals surface area contributed by atoms with Crippen LogP contribution < -0.4 is 24.8 Å². The molecule has 6 rings (SSSR count). The van der Waals surface area contributed by atoms with Gasteiger partial charge in [0.2, 0.25) is 0 Å². The maximum Gasteiger partial charge on any atom is -0.0139 e. The van der Waals surface area contributed by atoms with Crippen molar-refractivity contribution >= 4 is 24.8 Å². The first-order chi connectivity index (χ1) is 24.5. The molecule has 0 bridgehead atoms. The Hall–Kier alpha value is -2.44. The van der Waals surface area contributed by atoms with Crippen LogP contribution in [0.4, 0.5) is 0 Å². The predicted octanol–water partition coefficient (Wildman–Crippen LogP) is 9.27. The second-order valence-corrected chi connectivity index (χ2v) is 18.9. The van der Waals surface area contributed by atoms with Crippen LogP contribution in [0.1, 0.15) is 134 Å². The summed E-state index contributed by atoms with van der Waals surface area (Å²) in [6, 6.07) is 26.1. The van der Waals surface area contributed by atoms with Crippen LogP contribution in [0.25, 0.3) is 43.8 Å². The van der Waals surface area contributed by atoms with Crippen LogP contribution in [-0.4, -0.2) is 3.21 Å². The molecular weight excluding hydrogens is 775 g/mol. The quantitative estimate of drug-likeness (QED) is 0.137. The Balaban J connectivity index is 0.000000498. The van der Waals surface area contributed by atoms with Crippen LogP contribution in [0.2, 0.25) is 0 Å². The number of hydrogen-bond donors (Lipinski definition) is 0. The van der Waals surface area contributed by atoms with Gasteiger partial charge in [0.05, 0.1) is 0 Å². The summed E-state index contributed by atoms with van der Waals surface area (Å²) >= 11 is 1.67.